The lowest BCUT2D eigenvalue weighted by molar-refractivity contribution is 0.773. The van der Waals surface area contributed by atoms with Gasteiger partial charge in [0.05, 0.1) is 10.0 Å². The molecule has 1 aromatic heterocycles. The molecule has 2 nitrogen and oxygen atoms in total. The zero-order chi connectivity index (χ0) is 9.14. The van der Waals surface area contributed by atoms with Crippen LogP contribution >= 0.6 is 23.2 Å². The SMILES string of the molecule is CC(CN)c1c(Cl)cncc1Cl. The van der Waals surface area contributed by atoms with Gasteiger partial charge in [0.2, 0.25) is 0 Å². The molecular weight excluding hydrogens is 195 g/mol. The van der Waals surface area contributed by atoms with E-state index >= 15 is 0 Å². The van der Waals surface area contributed by atoms with Crippen LogP contribution < -0.4 is 5.73 Å². The Morgan fingerprint density at radius 3 is 2.33 bits per heavy atom. The van der Waals surface area contributed by atoms with Crippen LogP contribution in [0.5, 0.6) is 0 Å². The molecule has 1 heterocycles. The first-order chi connectivity index (χ1) is 5.66. The third kappa shape index (κ3) is 1.89. The maximum absolute atomic E-state index is 5.90. The molecule has 1 aromatic rings. The largest absolute Gasteiger partial charge is 0.330 e. The number of rotatable bonds is 2. The van der Waals surface area contributed by atoms with Crippen molar-refractivity contribution in [3.8, 4) is 0 Å². The van der Waals surface area contributed by atoms with Crippen molar-refractivity contribution in [2.75, 3.05) is 6.54 Å². The molecule has 0 aliphatic carbocycles. The van der Waals surface area contributed by atoms with Gasteiger partial charge in [-0.05, 0) is 18.0 Å². The van der Waals surface area contributed by atoms with Gasteiger partial charge in [-0.3, -0.25) is 4.98 Å². The van der Waals surface area contributed by atoms with Crippen molar-refractivity contribution in [3.63, 3.8) is 0 Å². The van der Waals surface area contributed by atoms with Crippen molar-refractivity contribution in [2.24, 2.45) is 5.73 Å². The lowest BCUT2D eigenvalue weighted by atomic mass is 10.0. The fourth-order valence-corrected chi connectivity index (χ4v) is 1.75. The van der Waals surface area contributed by atoms with E-state index in [2.05, 4.69) is 4.98 Å². The highest BCUT2D eigenvalue weighted by Gasteiger charge is 2.11. The smallest absolute Gasteiger partial charge is 0.0639 e. The quantitative estimate of drug-likeness (QED) is 0.805. The van der Waals surface area contributed by atoms with Crippen LogP contribution in [0.3, 0.4) is 0 Å². The monoisotopic (exact) mass is 204 g/mol. The summed E-state index contributed by atoms with van der Waals surface area (Å²) < 4.78 is 0. The molecule has 0 spiro atoms. The highest BCUT2D eigenvalue weighted by molar-refractivity contribution is 6.35. The summed E-state index contributed by atoms with van der Waals surface area (Å²) in [7, 11) is 0. The summed E-state index contributed by atoms with van der Waals surface area (Å²) in [4.78, 5) is 3.86. The van der Waals surface area contributed by atoms with Crippen LogP contribution in [-0.4, -0.2) is 11.5 Å². The van der Waals surface area contributed by atoms with E-state index in [0.717, 1.165) is 5.56 Å². The van der Waals surface area contributed by atoms with Crippen LogP contribution in [0.4, 0.5) is 0 Å². The predicted molar refractivity (Wildman–Crippen MR) is 51.7 cm³/mol. The normalized spacial score (nSPS) is 13.0. The second-order valence-electron chi connectivity index (χ2n) is 2.65. The Labute approximate surface area is 81.7 Å². The molecule has 0 amide bonds. The molecule has 1 atom stereocenters. The summed E-state index contributed by atoms with van der Waals surface area (Å²) in [5.41, 5.74) is 6.39. The van der Waals surface area contributed by atoms with E-state index in [4.69, 9.17) is 28.9 Å². The van der Waals surface area contributed by atoms with Gasteiger partial charge in [0.1, 0.15) is 0 Å². The van der Waals surface area contributed by atoms with Crippen molar-refractivity contribution in [3.05, 3.63) is 28.0 Å². The van der Waals surface area contributed by atoms with Crippen molar-refractivity contribution < 1.29 is 0 Å². The third-order valence-electron chi connectivity index (χ3n) is 1.74. The van der Waals surface area contributed by atoms with Crippen LogP contribution in [-0.2, 0) is 0 Å². The first-order valence-corrected chi connectivity index (χ1v) is 4.41. The van der Waals surface area contributed by atoms with Crippen molar-refractivity contribution >= 4 is 23.2 Å². The topological polar surface area (TPSA) is 38.9 Å². The molecule has 0 aromatic carbocycles. The summed E-state index contributed by atoms with van der Waals surface area (Å²) >= 11 is 11.8. The van der Waals surface area contributed by atoms with Crippen molar-refractivity contribution in [2.45, 2.75) is 12.8 Å². The van der Waals surface area contributed by atoms with Gasteiger partial charge in [-0.1, -0.05) is 30.1 Å². The molecule has 0 radical (unpaired) electrons. The van der Waals surface area contributed by atoms with Gasteiger partial charge in [-0.2, -0.15) is 0 Å². The lowest BCUT2D eigenvalue weighted by Crippen LogP contribution is -2.10. The summed E-state index contributed by atoms with van der Waals surface area (Å²) in [6.07, 6.45) is 3.16. The number of nitrogens with two attached hydrogens (primary N) is 1. The second kappa shape index (κ2) is 4.08. The van der Waals surface area contributed by atoms with Gasteiger partial charge in [0, 0.05) is 12.4 Å². The Kier molecular flexibility index (Phi) is 3.32. The van der Waals surface area contributed by atoms with Gasteiger partial charge >= 0.3 is 0 Å². The molecule has 4 heteroatoms. The molecular formula is C8H10Cl2N2. The standard InChI is InChI=1S/C8H10Cl2N2/c1-5(2-11)8-6(9)3-12-4-7(8)10/h3-5H,2,11H2,1H3. The number of hydrogen-bond donors (Lipinski definition) is 1. The average Bonchev–Trinajstić information content (AvgIpc) is 2.03. The molecule has 1 rings (SSSR count). The third-order valence-corrected chi connectivity index (χ3v) is 2.34. The maximum Gasteiger partial charge on any atom is 0.0639 e. The number of pyridine rings is 1. The molecule has 66 valence electrons. The van der Waals surface area contributed by atoms with Gasteiger partial charge < -0.3 is 5.73 Å². The predicted octanol–water partition coefficient (Wildman–Crippen LogP) is 2.45. The fourth-order valence-electron chi connectivity index (χ4n) is 1.01. The van der Waals surface area contributed by atoms with Crippen LogP contribution in [0, 0.1) is 0 Å². The van der Waals surface area contributed by atoms with Crippen molar-refractivity contribution in [1.82, 2.24) is 4.98 Å². The Morgan fingerprint density at radius 2 is 1.92 bits per heavy atom. The zero-order valence-electron chi connectivity index (χ0n) is 6.72. The number of aromatic nitrogens is 1. The molecule has 0 saturated heterocycles. The number of hydrogen-bond acceptors (Lipinski definition) is 2. The van der Waals surface area contributed by atoms with Crippen LogP contribution in [0.2, 0.25) is 10.0 Å². The first kappa shape index (κ1) is 9.78. The fraction of sp³-hybridized carbons (Fsp3) is 0.375. The van der Waals surface area contributed by atoms with Gasteiger partial charge in [0.15, 0.2) is 0 Å². The van der Waals surface area contributed by atoms with E-state index in [1.807, 2.05) is 6.92 Å². The average molecular weight is 205 g/mol. The van der Waals surface area contributed by atoms with Crippen LogP contribution in [0.15, 0.2) is 12.4 Å². The number of nitrogens with zero attached hydrogens (tertiary/aromatic N) is 1. The van der Waals surface area contributed by atoms with Gasteiger partial charge in [-0.15, -0.1) is 0 Å². The summed E-state index contributed by atoms with van der Waals surface area (Å²) in [5.74, 6) is 0.174. The van der Waals surface area contributed by atoms with Gasteiger partial charge in [0.25, 0.3) is 0 Å². The lowest BCUT2D eigenvalue weighted by Gasteiger charge is -2.11. The molecule has 0 saturated carbocycles. The first-order valence-electron chi connectivity index (χ1n) is 3.65. The Hall–Kier alpha value is -0.310. The Morgan fingerprint density at radius 1 is 1.42 bits per heavy atom. The molecule has 0 aliphatic heterocycles. The number of halogens is 2. The molecule has 1 unspecified atom stereocenters. The zero-order valence-corrected chi connectivity index (χ0v) is 8.23. The minimum absolute atomic E-state index is 0.174. The van der Waals surface area contributed by atoms with E-state index in [1.165, 1.54) is 0 Å². The van der Waals surface area contributed by atoms with E-state index in [1.54, 1.807) is 12.4 Å². The van der Waals surface area contributed by atoms with E-state index in [9.17, 15) is 0 Å². The highest BCUT2D eigenvalue weighted by Crippen LogP contribution is 2.29. The molecule has 0 fully saturated rings. The van der Waals surface area contributed by atoms with E-state index < -0.39 is 0 Å². The second-order valence-corrected chi connectivity index (χ2v) is 3.47. The summed E-state index contributed by atoms with van der Waals surface area (Å²) in [6, 6.07) is 0. The summed E-state index contributed by atoms with van der Waals surface area (Å²) in [6.45, 7) is 2.51. The van der Waals surface area contributed by atoms with Crippen LogP contribution in [0.1, 0.15) is 18.4 Å². The molecule has 2 N–H and O–H groups in total. The Bertz CT molecular complexity index is 256. The van der Waals surface area contributed by atoms with Gasteiger partial charge in [-0.25, -0.2) is 0 Å². The van der Waals surface area contributed by atoms with E-state index in [0.29, 0.717) is 16.6 Å². The minimum Gasteiger partial charge on any atom is -0.330 e. The van der Waals surface area contributed by atoms with Crippen LogP contribution in [0.25, 0.3) is 0 Å². The minimum atomic E-state index is 0.174. The van der Waals surface area contributed by atoms with E-state index in [-0.39, 0.29) is 5.92 Å². The Balaban J connectivity index is 3.12. The summed E-state index contributed by atoms with van der Waals surface area (Å²) in [5, 5.41) is 1.17. The molecule has 0 aliphatic rings. The highest BCUT2D eigenvalue weighted by atomic mass is 35.5. The molecule has 0 bridgehead atoms. The molecule has 12 heavy (non-hydrogen) atoms. The maximum atomic E-state index is 5.90. The van der Waals surface area contributed by atoms with Crippen molar-refractivity contribution in [1.29, 1.82) is 0 Å².